The van der Waals surface area contributed by atoms with Crippen molar-refractivity contribution in [3.63, 3.8) is 0 Å². The third-order valence-corrected chi connectivity index (χ3v) is 6.05. The molecule has 0 aliphatic carbocycles. The van der Waals surface area contributed by atoms with Crippen molar-refractivity contribution in [2.24, 2.45) is 0 Å². The minimum atomic E-state index is 1.13. The highest BCUT2D eigenvalue weighted by atomic mass is 14.0. The average molecular weight is 405 g/mol. The lowest BCUT2D eigenvalue weighted by Gasteiger charge is -2.03. The summed E-state index contributed by atoms with van der Waals surface area (Å²) in [5.74, 6) is 0. The van der Waals surface area contributed by atoms with Crippen LogP contribution in [0, 0.1) is 0 Å². The molecule has 0 fully saturated rings. The summed E-state index contributed by atoms with van der Waals surface area (Å²) in [5, 5.41) is 0. The molecule has 0 saturated heterocycles. The minimum absolute atomic E-state index is 1.13. The molecule has 172 valence electrons. The standard InChI is InChI=1S/C29H56/c1-3-5-7-9-11-13-15-17-19-21-23-25-27-29-28-26-24-22-20-18-16-14-12-10-8-6-4-2/h11,13,17,19H,3-10,12,14-16,18,20-29H2,1-2H3. The van der Waals surface area contributed by atoms with Crippen LogP contribution in [0.25, 0.3) is 0 Å². The van der Waals surface area contributed by atoms with E-state index in [-0.39, 0.29) is 0 Å². The van der Waals surface area contributed by atoms with Gasteiger partial charge in [-0.25, -0.2) is 0 Å². The van der Waals surface area contributed by atoms with Crippen molar-refractivity contribution in [2.75, 3.05) is 0 Å². The molecule has 0 amide bonds. The van der Waals surface area contributed by atoms with Gasteiger partial charge in [0.1, 0.15) is 0 Å². The Labute approximate surface area is 186 Å². The zero-order valence-electron chi connectivity index (χ0n) is 20.6. The number of hydrogen-bond acceptors (Lipinski definition) is 0. The van der Waals surface area contributed by atoms with Crippen LogP contribution in [0.5, 0.6) is 0 Å². The van der Waals surface area contributed by atoms with Gasteiger partial charge in [-0.15, -0.1) is 0 Å². The quantitative estimate of drug-likeness (QED) is 0.111. The SMILES string of the molecule is CCCCCC=CCC=CCCCCCCCCCCCCCCCCCCC. The Morgan fingerprint density at radius 1 is 0.310 bits per heavy atom. The third kappa shape index (κ3) is 27.5. The fourth-order valence-electron chi connectivity index (χ4n) is 4.01. The third-order valence-electron chi connectivity index (χ3n) is 6.05. The van der Waals surface area contributed by atoms with Gasteiger partial charge in [-0.2, -0.15) is 0 Å². The largest absolute Gasteiger partial charge is 0.0882 e. The average Bonchev–Trinajstić information content (AvgIpc) is 2.74. The molecule has 0 aliphatic rings. The highest BCUT2D eigenvalue weighted by molar-refractivity contribution is 4.92. The first kappa shape index (κ1) is 28.5. The first-order valence-electron chi connectivity index (χ1n) is 13.7. The molecular weight excluding hydrogens is 348 g/mol. The van der Waals surface area contributed by atoms with E-state index in [1.54, 1.807) is 0 Å². The van der Waals surface area contributed by atoms with E-state index in [1.165, 1.54) is 141 Å². The maximum atomic E-state index is 2.39. The Balaban J connectivity index is 3.09. The minimum Gasteiger partial charge on any atom is -0.0882 e. The molecule has 0 radical (unpaired) electrons. The zero-order chi connectivity index (χ0) is 21.1. The van der Waals surface area contributed by atoms with Gasteiger partial charge in [-0.05, 0) is 32.1 Å². The van der Waals surface area contributed by atoms with Gasteiger partial charge >= 0.3 is 0 Å². The maximum Gasteiger partial charge on any atom is -0.0169 e. The van der Waals surface area contributed by atoms with Crippen LogP contribution in [-0.4, -0.2) is 0 Å². The van der Waals surface area contributed by atoms with E-state index >= 15 is 0 Å². The van der Waals surface area contributed by atoms with E-state index in [9.17, 15) is 0 Å². The molecule has 0 aromatic carbocycles. The molecule has 0 rings (SSSR count). The smallest absolute Gasteiger partial charge is 0.0169 e. The predicted octanol–water partition coefficient (Wildman–Crippen LogP) is 11.1. The van der Waals surface area contributed by atoms with Gasteiger partial charge in [-0.3, -0.25) is 0 Å². The summed E-state index contributed by atoms with van der Waals surface area (Å²) in [7, 11) is 0. The lowest BCUT2D eigenvalue weighted by molar-refractivity contribution is 0.527. The summed E-state index contributed by atoms with van der Waals surface area (Å²) in [4.78, 5) is 0. The molecule has 0 spiro atoms. The van der Waals surface area contributed by atoms with E-state index in [0.29, 0.717) is 0 Å². The number of hydrogen-bond donors (Lipinski definition) is 0. The Bertz CT molecular complexity index is 325. The second kappa shape index (κ2) is 27.5. The van der Waals surface area contributed by atoms with Gasteiger partial charge in [0.2, 0.25) is 0 Å². The monoisotopic (exact) mass is 404 g/mol. The fourth-order valence-corrected chi connectivity index (χ4v) is 4.01. The molecule has 29 heavy (non-hydrogen) atoms. The first-order valence-corrected chi connectivity index (χ1v) is 13.7. The number of rotatable bonds is 24. The lowest BCUT2D eigenvalue weighted by atomic mass is 10.0. The van der Waals surface area contributed by atoms with Crippen molar-refractivity contribution in [1.82, 2.24) is 0 Å². The molecule has 0 heterocycles. The molecule has 0 aromatic heterocycles. The van der Waals surface area contributed by atoms with Crippen molar-refractivity contribution in [3.8, 4) is 0 Å². The molecule has 0 N–H and O–H groups in total. The second-order valence-corrected chi connectivity index (χ2v) is 9.12. The summed E-state index contributed by atoms with van der Waals surface area (Å²) in [5.41, 5.74) is 0. The predicted molar refractivity (Wildman–Crippen MR) is 136 cm³/mol. The van der Waals surface area contributed by atoms with E-state index < -0.39 is 0 Å². The highest BCUT2D eigenvalue weighted by Gasteiger charge is 1.94. The van der Waals surface area contributed by atoms with Crippen LogP contribution < -0.4 is 0 Å². The molecule has 0 heteroatoms. The van der Waals surface area contributed by atoms with E-state index in [1.807, 2.05) is 0 Å². The van der Waals surface area contributed by atoms with Crippen molar-refractivity contribution >= 4 is 0 Å². The summed E-state index contributed by atoms with van der Waals surface area (Å²) in [6.07, 6.45) is 41.9. The van der Waals surface area contributed by atoms with Crippen molar-refractivity contribution in [2.45, 2.75) is 162 Å². The Morgan fingerprint density at radius 2 is 0.586 bits per heavy atom. The van der Waals surface area contributed by atoms with Crippen LogP contribution in [0.1, 0.15) is 162 Å². The Morgan fingerprint density at radius 3 is 0.966 bits per heavy atom. The lowest BCUT2D eigenvalue weighted by Crippen LogP contribution is -1.83. The van der Waals surface area contributed by atoms with Crippen LogP contribution in [0.15, 0.2) is 24.3 Å². The van der Waals surface area contributed by atoms with Gasteiger partial charge in [-0.1, -0.05) is 154 Å². The Kier molecular flexibility index (Phi) is 27.0. The summed E-state index contributed by atoms with van der Waals surface area (Å²) in [6, 6.07) is 0. The van der Waals surface area contributed by atoms with Crippen LogP contribution in [0.4, 0.5) is 0 Å². The normalized spacial score (nSPS) is 11.9. The molecule has 0 nitrogen and oxygen atoms in total. The molecule has 0 atom stereocenters. The van der Waals surface area contributed by atoms with Crippen molar-refractivity contribution < 1.29 is 0 Å². The number of unbranched alkanes of at least 4 members (excludes halogenated alkanes) is 20. The van der Waals surface area contributed by atoms with Gasteiger partial charge in [0.25, 0.3) is 0 Å². The molecule has 0 unspecified atom stereocenters. The van der Waals surface area contributed by atoms with Gasteiger partial charge in [0.05, 0.1) is 0 Å². The topological polar surface area (TPSA) is 0 Å². The number of allylic oxidation sites excluding steroid dienone is 4. The van der Waals surface area contributed by atoms with Crippen molar-refractivity contribution in [3.05, 3.63) is 24.3 Å². The molecular formula is C29H56. The van der Waals surface area contributed by atoms with Crippen LogP contribution in [0.2, 0.25) is 0 Å². The fraction of sp³-hybridized carbons (Fsp3) is 0.862. The summed E-state index contributed by atoms with van der Waals surface area (Å²) < 4.78 is 0. The Hall–Kier alpha value is -0.520. The molecule has 0 bridgehead atoms. The van der Waals surface area contributed by atoms with Gasteiger partial charge < -0.3 is 0 Å². The summed E-state index contributed by atoms with van der Waals surface area (Å²) in [6.45, 7) is 4.57. The first-order chi connectivity index (χ1) is 14.4. The van der Waals surface area contributed by atoms with Gasteiger partial charge in [0, 0.05) is 0 Å². The van der Waals surface area contributed by atoms with E-state index in [0.717, 1.165) is 6.42 Å². The van der Waals surface area contributed by atoms with E-state index in [4.69, 9.17) is 0 Å². The zero-order valence-corrected chi connectivity index (χ0v) is 20.6. The summed E-state index contributed by atoms with van der Waals surface area (Å²) >= 11 is 0. The van der Waals surface area contributed by atoms with Crippen molar-refractivity contribution in [1.29, 1.82) is 0 Å². The highest BCUT2D eigenvalue weighted by Crippen LogP contribution is 2.14. The van der Waals surface area contributed by atoms with Gasteiger partial charge in [0.15, 0.2) is 0 Å². The second-order valence-electron chi connectivity index (χ2n) is 9.12. The maximum absolute atomic E-state index is 2.39. The van der Waals surface area contributed by atoms with Crippen LogP contribution in [-0.2, 0) is 0 Å². The molecule has 0 aromatic rings. The molecule has 0 aliphatic heterocycles. The van der Waals surface area contributed by atoms with E-state index in [2.05, 4.69) is 38.2 Å². The molecule has 0 saturated carbocycles. The van der Waals surface area contributed by atoms with Crippen LogP contribution in [0.3, 0.4) is 0 Å². The van der Waals surface area contributed by atoms with Crippen LogP contribution >= 0.6 is 0 Å².